The maximum absolute atomic E-state index is 13.7. The van der Waals surface area contributed by atoms with Crippen LogP contribution in [0.4, 0.5) is 37.7 Å². The molecule has 6 aromatic rings. The summed E-state index contributed by atoms with van der Waals surface area (Å²) >= 11 is 0. The summed E-state index contributed by atoms with van der Waals surface area (Å²) in [6, 6.07) is 30.5. The first-order chi connectivity index (χ1) is 23.4. The fourth-order valence-electron chi connectivity index (χ4n) is 6.30. The highest BCUT2D eigenvalue weighted by Crippen LogP contribution is 2.56. The lowest BCUT2D eigenvalue weighted by Crippen LogP contribution is -2.28. The summed E-state index contributed by atoms with van der Waals surface area (Å²) in [5.74, 6) is -1.05. The van der Waals surface area contributed by atoms with E-state index in [2.05, 4.69) is 9.97 Å². The van der Waals surface area contributed by atoms with Crippen molar-refractivity contribution in [3.05, 3.63) is 155 Å². The number of anilines is 2. The summed E-state index contributed by atoms with van der Waals surface area (Å²) in [5.41, 5.74) is 13.0. The molecule has 6 nitrogen and oxygen atoms in total. The maximum atomic E-state index is 13.7. The highest BCUT2D eigenvalue weighted by atomic mass is 19.4. The zero-order chi connectivity index (χ0) is 34.6. The average molecular weight is 671 g/mol. The Morgan fingerprint density at radius 3 is 1.24 bits per heavy atom. The first-order valence-corrected chi connectivity index (χ1v) is 14.8. The van der Waals surface area contributed by atoms with E-state index in [9.17, 15) is 26.3 Å². The summed E-state index contributed by atoms with van der Waals surface area (Å²) in [5, 5.41) is 0. The second-order valence-corrected chi connectivity index (χ2v) is 11.3. The largest absolute Gasteiger partial charge is 0.438 e. The lowest BCUT2D eigenvalue weighted by atomic mass is 9.68. The third kappa shape index (κ3) is 5.54. The van der Waals surface area contributed by atoms with Crippen molar-refractivity contribution in [3.63, 3.8) is 0 Å². The van der Waals surface area contributed by atoms with Crippen LogP contribution in [0.1, 0.15) is 33.4 Å². The third-order valence-electron chi connectivity index (χ3n) is 8.31. The van der Waals surface area contributed by atoms with Crippen molar-refractivity contribution in [1.82, 2.24) is 9.97 Å². The number of alkyl halides is 6. The number of nitrogen functional groups attached to an aromatic ring is 2. The Hall–Kier alpha value is -6.04. The van der Waals surface area contributed by atoms with E-state index in [4.69, 9.17) is 20.9 Å². The van der Waals surface area contributed by atoms with Crippen LogP contribution in [0.25, 0.3) is 11.1 Å². The van der Waals surface area contributed by atoms with E-state index >= 15 is 0 Å². The molecule has 2 aromatic heterocycles. The van der Waals surface area contributed by atoms with Crippen molar-refractivity contribution in [2.24, 2.45) is 0 Å². The molecule has 49 heavy (non-hydrogen) atoms. The smallest absolute Gasteiger partial charge is 0.421 e. The van der Waals surface area contributed by atoms with Crippen LogP contribution in [0.5, 0.6) is 23.3 Å². The quantitative estimate of drug-likeness (QED) is 0.171. The Bertz CT molecular complexity index is 2030. The van der Waals surface area contributed by atoms with E-state index in [1.165, 1.54) is 0 Å². The van der Waals surface area contributed by atoms with Gasteiger partial charge in [0.15, 0.2) is 0 Å². The highest BCUT2D eigenvalue weighted by molar-refractivity contribution is 5.86. The normalized spacial score (nSPS) is 13.4. The predicted molar refractivity (Wildman–Crippen MR) is 171 cm³/mol. The van der Waals surface area contributed by atoms with Gasteiger partial charge in [-0.15, -0.1) is 0 Å². The summed E-state index contributed by atoms with van der Waals surface area (Å²) in [6.07, 6.45) is -7.32. The SMILES string of the molecule is Nc1cnc(Oc2ccc(C3(c4ccc(Oc5ncc(N)cc5C(F)(F)F)cc4)c4ccccc4-c4ccccc43)cc2)c(C(F)(F)F)c1. The molecule has 0 atom stereocenters. The van der Waals surface area contributed by atoms with Crippen molar-refractivity contribution in [2.75, 3.05) is 11.5 Å². The first kappa shape index (κ1) is 31.6. The summed E-state index contributed by atoms with van der Waals surface area (Å²) in [7, 11) is 0. The monoisotopic (exact) mass is 670 g/mol. The molecule has 1 aliphatic carbocycles. The zero-order valence-electron chi connectivity index (χ0n) is 25.2. The van der Waals surface area contributed by atoms with Gasteiger partial charge in [-0.05, 0) is 69.8 Å². The lowest BCUT2D eigenvalue weighted by molar-refractivity contribution is -0.139. The van der Waals surface area contributed by atoms with Crippen LogP contribution in [-0.4, -0.2) is 9.97 Å². The van der Waals surface area contributed by atoms with Gasteiger partial charge in [0, 0.05) is 0 Å². The van der Waals surface area contributed by atoms with Crippen LogP contribution in [0.2, 0.25) is 0 Å². The van der Waals surface area contributed by atoms with E-state index in [1.54, 1.807) is 48.5 Å². The van der Waals surface area contributed by atoms with Crippen molar-refractivity contribution in [3.8, 4) is 34.4 Å². The molecule has 1 aliphatic rings. The topological polar surface area (TPSA) is 96.3 Å². The van der Waals surface area contributed by atoms with Gasteiger partial charge < -0.3 is 20.9 Å². The Morgan fingerprint density at radius 2 is 0.878 bits per heavy atom. The number of rotatable bonds is 6. The molecule has 12 heteroatoms. The molecule has 4 N–H and O–H groups in total. The maximum Gasteiger partial charge on any atom is 0.421 e. The highest BCUT2D eigenvalue weighted by Gasteiger charge is 2.46. The number of pyridine rings is 2. The van der Waals surface area contributed by atoms with Gasteiger partial charge in [-0.3, -0.25) is 0 Å². The van der Waals surface area contributed by atoms with Crippen LogP contribution >= 0.6 is 0 Å². The van der Waals surface area contributed by atoms with Gasteiger partial charge in [-0.1, -0.05) is 72.8 Å². The molecule has 0 bridgehead atoms. The molecule has 0 saturated carbocycles. The van der Waals surface area contributed by atoms with Gasteiger partial charge in [-0.2, -0.15) is 26.3 Å². The average Bonchev–Trinajstić information content (AvgIpc) is 3.37. The molecule has 4 aromatic carbocycles. The molecular weight excluding hydrogens is 646 g/mol. The predicted octanol–water partition coefficient (Wildman–Crippen LogP) is 9.63. The first-order valence-electron chi connectivity index (χ1n) is 14.8. The number of hydrogen-bond donors (Lipinski definition) is 2. The number of nitrogens with two attached hydrogens (primary N) is 2. The third-order valence-corrected chi connectivity index (χ3v) is 8.31. The van der Waals surface area contributed by atoms with Crippen LogP contribution in [0.15, 0.2) is 122 Å². The number of fused-ring (bicyclic) bond motifs is 3. The lowest BCUT2D eigenvalue weighted by Gasteiger charge is -2.34. The van der Waals surface area contributed by atoms with Crippen LogP contribution < -0.4 is 20.9 Å². The number of benzene rings is 4. The minimum Gasteiger partial charge on any atom is -0.438 e. The fourth-order valence-corrected chi connectivity index (χ4v) is 6.30. The second kappa shape index (κ2) is 11.6. The van der Waals surface area contributed by atoms with Crippen molar-refractivity contribution < 1.29 is 35.8 Å². The summed E-state index contributed by atoms with van der Waals surface area (Å²) < 4.78 is 93.5. The molecule has 0 radical (unpaired) electrons. The van der Waals surface area contributed by atoms with Gasteiger partial charge in [0.2, 0.25) is 11.8 Å². The molecule has 0 saturated heterocycles. The number of ether oxygens (including phenoxy) is 2. The number of hydrogen-bond acceptors (Lipinski definition) is 6. The molecule has 0 aliphatic heterocycles. The standard InChI is InChI=1S/C37H24F6N4O2/c38-36(39,40)31-17-23(44)19-46-33(31)48-25-13-9-21(10-14-25)35(29-7-3-1-5-27(29)28-6-2-4-8-30(28)35)22-11-15-26(16-12-22)49-34-32(37(41,42)43)18-24(45)20-47-34/h1-20H,44-45H2. The Morgan fingerprint density at radius 1 is 0.510 bits per heavy atom. The van der Waals surface area contributed by atoms with E-state index in [0.29, 0.717) is 0 Å². The second-order valence-electron chi connectivity index (χ2n) is 11.3. The minimum absolute atomic E-state index is 0.112. The van der Waals surface area contributed by atoms with Gasteiger partial charge in [0.1, 0.15) is 22.6 Å². The zero-order valence-corrected chi connectivity index (χ0v) is 25.2. The van der Waals surface area contributed by atoms with Gasteiger partial charge in [0.25, 0.3) is 0 Å². The van der Waals surface area contributed by atoms with Gasteiger partial charge in [-0.25, -0.2) is 9.97 Å². The molecule has 0 amide bonds. The Kier molecular flexibility index (Phi) is 7.46. The van der Waals surface area contributed by atoms with Crippen LogP contribution in [0, 0.1) is 0 Å². The molecule has 2 heterocycles. The van der Waals surface area contributed by atoms with E-state index in [1.807, 2.05) is 48.5 Å². The molecule has 0 fully saturated rings. The summed E-state index contributed by atoms with van der Waals surface area (Å²) in [4.78, 5) is 7.54. The fraction of sp³-hybridized carbons (Fsp3) is 0.0811. The van der Waals surface area contributed by atoms with Crippen LogP contribution in [0.3, 0.4) is 0 Å². The van der Waals surface area contributed by atoms with E-state index in [-0.39, 0.29) is 22.9 Å². The van der Waals surface area contributed by atoms with Gasteiger partial charge in [0.05, 0.1) is 29.2 Å². The molecular formula is C37H24F6N4O2. The molecule has 7 rings (SSSR count). The Balaban J connectivity index is 1.32. The van der Waals surface area contributed by atoms with E-state index in [0.717, 1.165) is 57.9 Å². The number of nitrogens with zero attached hydrogens (tertiary/aromatic N) is 2. The number of halogens is 6. The molecule has 0 spiro atoms. The molecule has 246 valence electrons. The van der Waals surface area contributed by atoms with Crippen molar-refractivity contribution in [2.45, 2.75) is 17.8 Å². The van der Waals surface area contributed by atoms with E-state index < -0.39 is 40.7 Å². The van der Waals surface area contributed by atoms with Crippen LogP contribution in [-0.2, 0) is 17.8 Å². The minimum atomic E-state index is -4.74. The van der Waals surface area contributed by atoms with Gasteiger partial charge >= 0.3 is 12.4 Å². The number of aromatic nitrogens is 2. The molecule has 0 unspecified atom stereocenters. The summed E-state index contributed by atoms with van der Waals surface area (Å²) in [6.45, 7) is 0. The Labute approximate surface area is 275 Å². The van der Waals surface area contributed by atoms with Crippen molar-refractivity contribution >= 4 is 11.4 Å². The van der Waals surface area contributed by atoms with Crippen molar-refractivity contribution in [1.29, 1.82) is 0 Å².